The molecule has 3 rings (SSSR count). The van der Waals surface area contributed by atoms with Crippen LogP contribution in [0.2, 0.25) is 0 Å². The summed E-state index contributed by atoms with van der Waals surface area (Å²) in [6.45, 7) is 7.07. The first-order valence-electron chi connectivity index (χ1n) is 10.0. The zero-order valence-corrected chi connectivity index (χ0v) is 19.4. The van der Waals surface area contributed by atoms with Crippen LogP contribution in [0.25, 0.3) is 0 Å². The number of nitrogens with one attached hydrogen (secondary N) is 2. The zero-order valence-electron chi connectivity index (χ0n) is 18.6. The van der Waals surface area contributed by atoms with Crippen molar-refractivity contribution in [3.63, 3.8) is 0 Å². The molecule has 11 heteroatoms. The Morgan fingerprint density at radius 2 is 1.97 bits per heavy atom. The molecule has 0 fully saturated rings. The average Bonchev–Trinajstić information content (AvgIpc) is 3.34. The van der Waals surface area contributed by atoms with Crippen LogP contribution in [0.1, 0.15) is 49.5 Å². The van der Waals surface area contributed by atoms with Crippen LogP contribution in [0.15, 0.2) is 24.5 Å². The van der Waals surface area contributed by atoms with E-state index in [1.807, 2.05) is 32.0 Å². The Kier molecular flexibility index (Phi) is 7.20. The molecule has 0 aliphatic rings. The van der Waals surface area contributed by atoms with E-state index in [0.29, 0.717) is 11.3 Å². The number of esters is 1. The van der Waals surface area contributed by atoms with Crippen molar-refractivity contribution in [2.75, 3.05) is 17.2 Å². The van der Waals surface area contributed by atoms with Crippen LogP contribution in [-0.4, -0.2) is 39.2 Å². The molecule has 170 valence electrons. The first-order chi connectivity index (χ1) is 15.7. The van der Waals surface area contributed by atoms with Gasteiger partial charge < -0.3 is 15.4 Å². The minimum absolute atomic E-state index is 0.0627. The Hall–Kier alpha value is -4.04. The molecule has 1 aromatic carbocycles. The number of benzene rings is 1. The summed E-state index contributed by atoms with van der Waals surface area (Å²) in [5.74, 6) is -1.60. The predicted octanol–water partition coefficient (Wildman–Crippen LogP) is 3.20. The quantitative estimate of drug-likeness (QED) is 0.510. The van der Waals surface area contributed by atoms with Gasteiger partial charge in [0, 0.05) is 5.69 Å². The molecule has 0 aliphatic carbocycles. The summed E-state index contributed by atoms with van der Waals surface area (Å²) in [5, 5.41) is 18.4. The number of amides is 2. The lowest BCUT2D eigenvalue weighted by Gasteiger charge is -2.09. The van der Waals surface area contributed by atoms with Crippen LogP contribution in [0, 0.1) is 32.1 Å². The van der Waals surface area contributed by atoms with E-state index < -0.39 is 17.8 Å². The second-order valence-electron chi connectivity index (χ2n) is 7.18. The number of thiophene rings is 1. The van der Waals surface area contributed by atoms with Gasteiger partial charge >= 0.3 is 5.97 Å². The summed E-state index contributed by atoms with van der Waals surface area (Å²) in [7, 11) is 0. The number of carbonyl (C=O) groups excluding carboxylic acids is 3. The number of nitriles is 1. The van der Waals surface area contributed by atoms with Crippen molar-refractivity contribution < 1.29 is 19.1 Å². The maximum absolute atomic E-state index is 13.0. The van der Waals surface area contributed by atoms with Gasteiger partial charge in [0.2, 0.25) is 5.91 Å². The van der Waals surface area contributed by atoms with Crippen molar-refractivity contribution in [1.82, 2.24) is 14.8 Å². The first kappa shape index (κ1) is 23.6. The summed E-state index contributed by atoms with van der Waals surface area (Å²) in [6, 6.07) is 7.44. The van der Waals surface area contributed by atoms with E-state index in [-0.39, 0.29) is 34.4 Å². The van der Waals surface area contributed by atoms with Gasteiger partial charge in [-0.25, -0.2) is 14.5 Å². The number of aryl methyl sites for hydroxylation is 2. The standard InChI is InChI=1S/C22H22N6O4S/c1-5-32-22(31)18-14(4)19(20(30)25-15-7-6-12(2)8-13(15)3)33-21(18)26-17(29)10-28-11-24-16(9-23)27-28/h6-8,11H,5,10H2,1-4H3,(H,25,30)(H,26,29). The van der Waals surface area contributed by atoms with E-state index in [9.17, 15) is 14.4 Å². The topological polar surface area (TPSA) is 139 Å². The molecule has 0 unspecified atom stereocenters. The van der Waals surface area contributed by atoms with E-state index in [1.54, 1.807) is 19.9 Å². The van der Waals surface area contributed by atoms with Crippen molar-refractivity contribution >= 4 is 39.8 Å². The number of nitrogens with zero attached hydrogens (tertiary/aromatic N) is 4. The number of hydrogen-bond donors (Lipinski definition) is 2. The van der Waals surface area contributed by atoms with Gasteiger partial charge in [-0.2, -0.15) is 5.26 Å². The Bertz CT molecular complexity index is 1270. The van der Waals surface area contributed by atoms with E-state index in [2.05, 4.69) is 20.7 Å². The van der Waals surface area contributed by atoms with Crippen molar-refractivity contribution in [1.29, 1.82) is 5.26 Å². The number of rotatable bonds is 7. The van der Waals surface area contributed by atoms with Gasteiger partial charge in [-0.1, -0.05) is 17.7 Å². The number of ether oxygens (including phenoxy) is 1. The van der Waals surface area contributed by atoms with Crippen LogP contribution >= 0.6 is 11.3 Å². The molecular weight excluding hydrogens is 444 g/mol. The van der Waals surface area contributed by atoms with E-state index >= 15 is 0 Å². The molecule has 0 atom stereocenters. The van der Waals surface area contributed by atoms with Crippen molar-refractivity contribution in [3.8, 4) is 6.07 Å². The number of anilines is 2. The number of aromatic nitrogens is 3. The zero-order chi connectivity index (χ0) is 24.1. The summed E-state index contributed by atoms with van der Waals surface area (Å²) >= 11 is 0.983. The van der Waals surface area contributed by atoms with E-state index in [4.69, 9.17) is 10.00 Å². The van der Waals surface area contributed by atoms with Gasteiger partial charge in [-0.05, 0) is 44.9 Å². The van der Waals surface area contributed by atoms with Gasteiger partial charge in [0.1, 0.15) is 23.9 Å². The first-order valence-corrected chi connectivity index (χ1v) is 10.8. The molecule has 0 radical (unpaired) electrons. The normalized spacial score (nSPS) is 10.4. The molecular formula is C22H22N6O4S. The fourth-order valence-corrected chi connectivity index (χ4v) is 4.24. The van der Waals surface area contributed by atoms with Crippen LogP contribution in [0.3, 0.4) is 0 Å². The van der Waals surface area contributed by atoms with Gasteiger partial charge in [0.15, 0.2) is 0 Å². The lowest BCUT2D eigenvalue weighted by atomic mass is 10.1. The number of carbonyl (C=O) groups is 3. The molecule has 0 saturated heterocycles. The molecule has 2 N–H and O–H groups in total. The molecule has 0 saturated carbocycles. The molecule has 2 amide bonds. The van der Waals surface area contributed by atoms with Crippen LogP contribution in [-0.2, 0) is 16.1 Å². The maximum atomic E-state index is 13.0. The molecule has 3 aromatic rings. The highest BCUT2D eigenvalue weighted by atomic mass is 32.1. The van der Waals surface area contributed by atoms with Gasteiger partial charge in [-0.15, -0.1) is 16.4 Å². The third kappa shape index (κ3) is 5.42. The lowest BCUT2D eigenvalue weighted by Crippen LogP contribution is -2.20. The fraction of sp³-hybridized carbons (Fsp3) is 0.273. The maximum Gasteiger partial charge on any atom is 0.341 e. The van der Waals surface area contributed by atoms with Crippen molar-refractivity contribution in [3.05, 3.63) is 57.5 Å². The Morgan fingerprint density at radius 1 is 1.21 bits per heavy atom. The summed E-state index contributed by atoms with van der Waals surface area (Å²) in [5.41, 5.74) is 3.16. The van der Waals surface area contributed by atoms with E-state index in [0.717, 1.165) is 22.5 Å². The monoisotopic (exact) mass is 466 g/mol. The second-order valence-corrected chi connectivity index (χ2v) is 8.20. The summed E-state index contributed by atoms with van der Waals surface area (Å²) in [6.07, 6.45) is 1.26. The summed E-state index contributed by atoms with van der Waals surface area (Å²) < 4.78 is 6.33. The Balaban J connectivity index is 1.88. The van der Waals surface area contributed by atoms with E-state index in [1.165, 1.54) is 11.0 Å². The SMILES string of the molecule is CCOC(=O)c1c(NC(=O)Cn2cnc(C#N)n2)sc(C(=O)Nc2ccc(C)cc2C)c1C. The molecule has 0 spiro atoms. The third-order valence-corrected chi connectivity index (χ3v) is 5.86. The van der Waals surface area contributed by atoms with Crippen molar-refractivity contribution in [2.24, 2.45) is 0 Å². The average molecular weight is 467 g/mol. The molecule has 0 bridgehead atoms. The highest BCUT2D eigenvalue weighted by Gasteiger charge is 2.27. The highest BCUT2D eigenvalue weighted by molar-refractivity contribution is 7.18. The minimum atomic E-state index is -0.639. The summed E-state index contributed by atoms with van der Waals surface area (Å²) in [4.78, 5) is 42.2. The van der Waals surface area contributed by atoms with Crippen LogP contribution < -0.4 is 10.6 Å². The van der Waals surface area contributed by atoms with Crippen molar-refractivity contribution in [2.45, 2.75) is 34.2 Å². The van der Waals surface area contributed by atoms with Gasteiger partial charge in [0.25, 0.3) is 11.7 Å². The second kappa shape index (κ2) is 10.1. The molecule has 2 heterocycles. The Labute approximate surface area is 194 Å². The molecule has 0 aliphatic heterocycles. The van der Waals surface area contributed by atoms with Crippen LogP contribution in [0.4, 0.5) is 10.7 Å². The van der Waals surface area contributed by atoms with Crippen LogP contribution in [0.5, 0.6) is 0 Å². The lowest BCUT2D eigenvalue weighted by molar-refractivity contribution is -0.116. The van der Waals surface area contributed by atoms with Gasteiger partial charge in [-0.3, -0.25) is 9.59 Å². The highest BCUT2D eigenvalue weighted by Crippen LogP contribution is 2.34. The smallest absolute Gasteiger partial charge is 0.341 e. The third-order valence-electron chi connectivity index (χ3n) is 4.66. The molecule has 2 aromatic heterocycles. The molecule has 10 nitrogen and oxygen atoms in total. The minimum Gasteiger partial charge on any atom is -0.462 e. The fourth-order valence-electron chi connectivity index (χ4n) is 3.14. The predicted molar refractivity (Wildman–Crippen MR) is 122 cm³/mol. The number of hydrogen-bond acceptors (Lipinski definition) is 8. The Morgan fingerprint density at radius 3 is 2.61 bits per heavy atom. The van der Waals surface area contributed by atoms with Gasteiger partial charge in [0.05, 0.1) is 17.0 Å². The largest absolute Gasteiger partial charge is 0.462 e. The molecule has 33 heavy (non-hydrogen) atoms.